The van der Waals surface area contributed by atoms with Crippen LogP contribution in [0.3, 0.4) is 0 Å². The van der Waals surface area contributed by atoms with Crippen molar-refractivity contribution in [2.75, 3.05) is 0 Å². The zero-order chi connectivity index (χ0) is 18.8. The summed E-state index contributed by atoms with van der Waals surface area (Å²) in [5.41, 5.74) is 4.63. The molecule has 0 atom stereocenters. The molecule has 0 saturated heterocycles. The molecule has 0 spiro atoms. The summed E-state index contributed by atoms with van der Waals surface area (Å²) < 4.78 is 0. The lowest BCUT2D eigenvalue weighted by molar-refractivity contribution is -0.385. The molecular weight excluding hydrogens is 324 g/mol. The second-order valence-electron chi connectivity index (χ2n) is 5.92. The first-order valence-corrected chi connectivity index (χ1v) is 7.75. The van der Waals surface area contributed by atoms with Crippen LogP contribution in [0.25, 0.3) is 0 Å². The molecule has 0 amide bonds. The van der Waals surface area contributed by atoms with Crippen LogP contribution in [-0.4, -0.2) is 9.85 Å². The molecule has 2 aromatic carbocycles. The lowest BCUT2D eigenvalue weighted by Crippen LogP contribution is -2.47. The van der Waals surface area contributed by atoms with E-state index in [0.29, 0.717) is 17.5 Å². The van der Waals surface area contributed by atoms with Crippen molar-refractivity contribution >= 4 is 11.4 Å². The molecule has 0 fully saturated rings. The van der Waals surface area contributed by atoms with Gasteiger partial charge in [0.05, 0.1) is 15.4 Å². The van der Waals surface area contributed by atoms with Gasteiger partial charge in [-0.25, -0.2) is 5.43 Å². The summed E-state index contributed by atoms with van der Waals surface area (Å²) in [7, 11) is 0. The number of benzene rings is 2. The molecule has 25 heavy (non-hydrogen) atoms. The Kier molecular flexibility index (Phi) is 5.15. The van der Waals surface area contributed by atoms with Crippen LogP contribution >= 0.6 is 0 Å². The monoisotopic (exact) mass is 344 g/mol. The van der Waals surface area contributed by atoms with E-state index in [1.165, 1.54) is 12.1 Å². The average Bonchev–Trinajstić information content (AvgIpc) is 2.56. The number of nitro benzene ring substituents is 2. The van der Waals surface area contributed by atoms with Crippen molar-refractivity contribution in [3.63, 3.8) is 0 Å². The third-order valence-electron chi connectivity index (χ3n) is 4.55. The van der Waals surface area contributed by atoms with Gasteiger partial charge in [0.2, 0.25) is 0 Å². The third-order valence-corrected chi connectivity index (χ3v) is 4.55. The Labute approximate surface area is 144 Å². The van der Waals surface area contributed by atoms with E-state index in [1.54, 1.807) is 38.1 Å². The van der Waals surface area contributed by atoms with Crippen LogP contribution in [-0.2, 0) is 5.54 Å². The first-order chi connectivity index (χ1) is 11.8. The van der Waals surface area contributed by atoms with E-state index in [4.69, 9.17) is 5.84 Å². The van der Waals surface area contributed by atoms with Crippen LogP contribution < -0.4 is 11.3 Å². The predicted molar refractivity (Wildman–Crippen MR) is 94.1 cm³/mol. The summed E-state index contributed by atoms with van der Waals surface area (Å²) in [5.74, 6) is 5.86. The SMILES string of the molecule is CCC(NN)(c1ccc([N+](=O)[O-])c(C)c1)c1ccc([N+](=O)[O-])c(C)c1. The Balaban J connectivity index is 2.63. The number of nitrogens with one attached hydrogen (secondary N) is 1. The Morgan fingerprint density at radius 3 is 1.60 bits per heavy atom. The van der Waals surface area contributed by atoms with Gasteiger partial charge in [-0.3, -0.25) is 26.1 Å². The van der Waals surface area contributed by atoms with Crippen molar-refractivity contribution in [3.8, 4) is 0 Å². The molecule has 132 valence electrons. The molecule has 0 radical (unpaired) electrons. The van der Waals surface area contributed by atoms with Crippen molar-refractivity contribution in [1.29, 1.82) is 0 Å². The average molecular weight is 344 g/mol. The van der Waals surface area contributed by atoms with Gasteiger partial charge in [0.25, 0.3) is 11.4 Å². The van der Waals surface area contributed by atoms with Crippen LogP contribution in [0.2, 0.25) is 0 Å². The Morgan fingerprint density at radius 2 is 1.36 bits per heavy atom. The van der Waals surface area contributed by atoms with Crippen molar-refractivity contribution in [1.82, 2.24) is 5.43 Å². The predicted octanol–water partition coefficient (Wildman–Crippen LogP) is 3.24. The van der Waals surface area contributed by atoms with Crippen LogP contribution in [0.15, 0.2) is 36.4 Å². The quantitative estimate of drug-likeness (QED) is 0.471. The van der Waals surface area contributed by atoms with E-state index >= 15 is 0 Å². The number of hydrogen-bond donors (Lipinski definition) is 2. The first-order valence-electron chi connectivity index (χ1n) is 7.75. The molecule has 2 rings (SSSR count). The standard InChI is InChI=1S/C17H20N4O4/c1-4-17(19-18,13-5-7-15(20(22)23)11(2)9-13)14-6-8-16(21(24)25)12(3)10-14/h5-10,19H,4,18H2,1-3H3. The zero-order valence-corrected chi connectivity index (χ0v) is 14.3. The first kappa shape index (κ1) is 18.5. The number of nitro groups is 2. The second kappa shape index (κ2) is 6.96. The summed E-state index contributed by atoms with van der Waals surface area (Å²) in [6, 6.07) is 9.66. The molecular formula is C17H20N4O4. The van der Waals surface area contributed by atoms with Gasteiger partial charge in [-0.1, -0.05) is 6.92 Å². The van der Waals surface area contributed by atoms with Crippen molar-refractivity contribution in [2.24, 2.45) is 5.84 Å². The number of hydrogen-bond acceptors (Lipinski definition) is 6. The van der Waals surface area contributed by atoms with Gasteiger partial charge in [0, 0.05) is 23.3 Å². The van der Waals surface area contributed by atoms with Crippen LogP contribution in [0.4, 0.5) is 11.4 Å². The van der Waals surface area contributed by atoms with Crippen LogP contribution in [0, 0.1) is 34.1 Å². The smallest absolute Gasteiger partial charge is 0.270 e. The van der Waals surface area contributed by atoms with E-state index in [2.05, 4.69) is 5.43 Å². The molecule has 0 heterocycles. The number of nitrogens with zero attached hydrogens (tertiary/aromatic N) is 2. The van der Waals surface area contributed by atoms with Crippen LogP contribution in [0.5, 0.6) is 0 Å². The van der Waals surface area contributed by atoms with Crippen LogP contribution in [0.1, 0.15) is 35.6 Å². The number of rotatable bonds is 6. The fraction of sp³-hybridized carbons (Fsp3) is 0.294. The largest absolute Gasteiger partial charge is 0.272 e. The molecule has 2 aromatic rings. The van der Waals surface area contributed by atoms with Gasteiger partial charge in [-0.2, -0.15) is 0 Å². The maximum Gasteiger partial charge on any atom is 0.272 e. The summed E-state index contributed by atoms with van der Waals surface area (Å²) in [6.07, 6.45) is 0.554. The van der Waals surface area contributed by atoms with Gasteiger partial charge in [-0.05, 0) is 55.7 Å². The Bertz CT molecular complexity index is 766. The van der Waals surface area contributed by atoms with E-state index in [9.17, 15) is 20.2 Å². The molecule has 0 aliphatic carbocycles. The fourth-order valence-corrected chi connectivity index (χ4v) is 3.10. The maximum atomic E-state index is 11.0. The van der Waals surface area contributed by atoms with Gasteiger partial charge in [0.1, 0.15) is 0 Å². The number of hydrazine groups is 1. The highest BCUT2D eigenvalue weighted by Gasteiger charge is 2.33. The van der Waals surface area contributed by atoms with Crippen molar-refractivity contribution in [2.45, 2.75) is 32.7 Å². The second-order valence-corrected chi connectivity index (χ2v) is 5.92. The lowest BCUT2D eigenvalue weighted by atomic mass is 9.80. The highest BCUT2D eigenvalue weighted by atomic mass is 16.6. The summed E-state index contributed by atoms with van der Waals surface area (Å²) in [4.78, 5) is 21.2. The molecule has 0 aromatic heterocycles. The lowest BCUT2D eigenvalue weighted by Gasteiger charge is -2.34. The third kappa shape index (κ3) is 3.21. The Hall–Kier alpha value is -2.84. The summed E-state index contributed by atoms with van der Waals surface area (Å²) in [5, 5.41) is 22.1. The van der Waals surface area contributed by atoms with E-state index in [1.807, 2.05) is 6.92 Å². The summed E-state index contributed by atoms with van der Waals surface area (Å²) >= 11 is 0. The van der Waals surface area contributed by atoms with Gasteiger partial charge in [-0.15, -0.1) is 0 Å². The minimum Gasteiger partial charge on any atom is -0.270 e. The molecule has 3 N–H and O–H groups in total. The van der Waals surface area contributed by atoms with E-state index in [0.717, 1.165) is 11.1 Å². The Morgan fingerprint density at radius 1 is 0.960 bits per heavy atom. The molecule has 0 bridgehead atoms. The zero-order valence-electron chi connectivity index (χ0n) is 14.3. The molecule has 0 saturated carbocycles. The number of aryl methyl sites for hydroxylation is 2. The topological polar surface area (TPSA) is 124 Å². The number of nitrogens with two attached hydrogens (primary N) is 1. The summed E-state index contributed by atoms with van der Waals surface area (Å²) in [6.45, 7) is 5.26. The molecule has 0 aliphatic rings. The molecule has 8 heteroatoms. The van der Waals surface area contributed by atoms with Crippen molar-refractivity contribution in [3.05, 3.63) is 78.9 Å². The maximum absolute atomic E-state index is 11.0. The molecule has 0 aliphatic heterocycles. The highest BCUT2D eigenvalue weighted by Crippen LogP contribution is 2.36. The van der Waals surface area contributed by atoms with E-state index in [-0.39, 0.29) is 11.4 Å². The van der Waals surface area contributed by atoms with Gasteiger partial charge in [0.15, 0.2) is 0 Å². The van der Waals surface area contributed by atoms with Gasteiger partial charge >= 0.3 is 0 Å². The highest BCUT2D eigenvalue weighted by molar-refractivity contribution is 5.50. The normalized spacial score (nSPS) is 11.4. The van der Waals surface area contributed by atoms with E-state index < -0.39 is 15.4 Å². The minimum absolute atomic E-state index is 0.0330. The molecule has 0 unspecified atom stereocenters. The van der Waals surface area contributed by atoms with Gasteiger partial charge < -0.3 is 0 Å². The molecule has 8 nitrogen and oxygen atoms in total. The van der Waals surface area contributed by atoms with Crippen molar-refractivity contribution < 1.29 is 9.85 Å². The minimum atomic E-state index is -0.806. The fourth-order valence-electron chi connectivity index (χ4n) is 3.10.